The molecule has 0 fully saturated rings. The van der Waals surface area contributed by atoms with Crippen LogP contribution in [0.4, 0.5) is 9.18 Å². The minimum absolute atomic E-state index is 0.225. The summed E-state index contributed by atoms with van der Waals surface area (Å²) in [7, 11) is 0. The molecule has 5 heteroatoms. The second-order valence-electron chi connectivity index (χ2n) is 4.32. The Morgan fingerprint density at radius 2 is 2.00 bits per heavy atom. The number of nitrogens with one attached hydrogen (secondary N) is 1. The second-order valence-corrected chi connectivity index (χ2v) is 4.32. The zero-order valence-corrected chi connectivity index (χ0v) is 10.9. The van der Waals surface area contributed by atoms with Crippen LogP contribution in [-0.4, -0.2) is 12.2 Å². The van der Waals surface area contributed by atoms with Crippen molar-refractivity contribution < 1.29 is 9.18 Å². The lowest BCUT2D eigenvalue weighted by molar-refractivity contribution is 0.249. The molecule has 0 spiro atoms. The summed E-state index contributed by atoms with van der Waals surface area (Å²) >= 11 is 0. The molecular weight excluding hydrogens is 257 g/mol. The van der Waals surface area contributed by atoms with E-state index in [0.29, 0.717) is 5.56 Å². The lowest BCUT2D eigenvalue weighted by Crippen LogP contribution is -2.24. The van der Waals surface area contributed by atoms with Gasteiger partial charge >= 0.3 is 6.03 Å². The smallest absolute Gasteiger partial charge is 0.332 e. The van der Waals surface area contributed by atoms with E-state index in [1.54, 1.807) is 19.1 Å². The number of carbonyl (C=O) groups is 1. The van der Waals surface area contributed by atoms with E-state index in [9.17, 15) is 9.18 Å². The molecule has 0 aliphatic rings. The summed E-state index contributed by atoms with van der Waals surface area (Å²) in [6, 6.07) is 11.7. The molecule has 0 saturated heterocycles. The van der Waals surface area contributed by atoms with Crippen LogP contribution in [0, 0.1) is 12.7 Å². The molecule has 4 nitrogen and oxygen atoms in total. The van der Waals surface area contributed by atoms with Crippen LogP contribution in [0.25, 0.3) is 11.1 Å². The average Bonchev–Trinajstić information content (AvgIpc) is 2.42. The highest BCUT2D eigenvalue weighted by molar-refractivity contribution is 5.83. The van der Waals surface area contributed by atoms with E-state index >= 15 is 0 Å². The summed E-state index contributed by atoms with van der Waals surface area (Å²) in [5, 5.41) is 3.70. The number of carbonyl (C=O) groups excluding carboxylic acids is 1. The summed E-state index contributed by atoms with van der Waals surface area (Å²) < 4.78 is 13.3. The summed E-state index contributed by atoms with van der Waals surface area (Å²) in [6.45, 7) is 1.72. The molecular formula is C15H14FN3O. The van der Waals surface area contributed by atoms with Gasteiger partial charge in [0.25, 0.3) is 0 Å². The van der Waals surface area contributed by atoms with Crippen molar-refractivity contribution in [3.05, 3.63) is 59.4 Å². The van der Waals surface area contributed by atoms with Crippen molar-refractivity contribution in [2.45, 2.75) is 6.92 Å². The number of nitrogens with zero attached hydrogens (tertiary/aromatic N) is 1. The molecule has 3 N–H and O–H groups in total. The number of nitrogens with two attached hydrogens (primary N) is 1. The van der Waals surface area contributed by atoms with Gasteiger partial charge in [-0.3, -0.25) is 0 Å². The molecule has 2 aromatic carbocycles. The van der Waals surface area contributed by atoms with Gasteiger partial charge in [0.15, 0.2) is 0 Å². The van der Waals surface area contributed by atoms with E-state index in [1.807, 2.05) is 24.3 Å². The van der Waals surface area contributed by atoms with Crippen molar-refractivity contribution in [3.8, 4) is 11.1 Å². The molecule has 0 heterocycles. The van der Waals surface area contributed by atoms with Crippen molar-refractivity contribution in [2.24, 2.45) is 10.8 Å². The molecule has 0 aliphatic heterocycles. The third-order valence-electron chi connectivity index (χ3n) is 2.77. The fourth-order valence-electron chi connectivity index (χ4n) is 1.79. The molecule has 0 aromatic heterocycles. The Balaban J connectivity index is 2.27. The first kappa shape index (κ1) is 13.7. The van der Waals surface area contributed by atoms with Crippen molar-refractivity contribution in [1.29, 1.82) is 0 Å². The van der Waals surface area contributed by atoms with Gasteiger partial charge in [0, 0.05) is 0 Å². The summed E-state index contributed by atoms with van der Waals surface area (Å²) in [5.41, 5.74) is 10.3. The van der Waals surface area contributed by atoms with Gasteiger partial charge in [0.05, 0.1) is 6.21 Å². The van der Waals surface area contributed by atoms with Crippen molar-refractivity contribution in [1.82, 2.24) is 5.43 Å². The monoisotopic (exact) mass is 271 g/mol. The minimum Gasteiger partial charge on any atom is -0.350 e. The molecule has 20 heavy (non-hydrogen) atoms. The molecule has 2 aromatic rings. The lowest BCUT2D eigenvalue weighted by atomic mass is 10.0. The molecule has 102 valence electrons. The number of aryl methyl sites for hydroxylation is 1. The highest BCUT2D eigenvalue weighted by Crippen LogP contribution is 2.22. The molecule has 0 unspecified atom stereocenters. The Morgan fingerprint density at radius 3 is 2.70 bits per heavy atom. The third kappa shape index (κ3) is 3.41. The van der Waals surface area contributed by atoms with Crippen LogP contribution in [0.2, 0.25) is 0 Å². The molecule has 2 rings (SSSR count). The normalized spacial score (nSPS) is 10.7. The SMILES string of the molecule is Cc1cc(-c2cccc(C=NNC(N)=O)c2)ccc1F. The first-order valence-corrected chi connectivity index (χ1v) is 6.01. The third-order valence-corrected chi connectivity index (χ3v) is 2.77. The standard InChI is InChI=1S/C15H14FN3O/c1-10-7-13(5-6-14(10)16)12-4-2-3-11(8-12)9-18-19-15(17)20/h2-9H,1H3,(H3,17,19,20). The number of rotatable bonds is 3. The Bertz CT molecular complexity index is 668. The minimum atomic E-state index is -0.716. The number of hydrogen-bond acceptors (Lipinski definition) is 2. The molecule has 0 saturated carbocycles. The predicted molar refractivity (Wildman–Crippen MR) is 76.9 cm³/mol. The van der Waals surface area contributed by atoms with Crippen LogP contribution in [0.5, 0.6) is 0 Å². The van der Waals surface area contributed by atoms with Crippen molar-refractivity contribution in [2.75, 3.05) is 0 Å². The van der Waals surface area contributed by atoms with Gasteiger partial charge in [-0.25, -0.2) is 14.6 Å². The largest absolute Gasteiger partial charge is 0.350 e. The van der Waals surface area contributed by atoms with Gasteiger partial charge in [0.2, 0.25) is 0 Å². The molecule has 0 bridgehead atoms. The maximum atomic E-state index is 13.3. The number of hydrogen-bond donors (Lipinski definition) is 2. The summed E-state index contributed by atoms with van der Waals surface area (Å²) in [5.74, 6) is -0.225. The zero-order valence-electron chi connectivity index (χ0n) is 10.9. The Morgan fingerprint density at radius 1 is 1.25 bits per heavy atom. The fourth-order valence-corrected chi connectivity index (χ4v) is 1.79. The van der Waals surface area contributed by atoms with E-state index in [4.69, 9.17) is 5.73 Å². The van der Waals surface area contributed by atoms with Crippen LogP contribution >= 0.6 is 0 Å². The number of primary amides is 1. The molecule has 0 atom stereocenters. The second kappa shape index (κ2) is 5.97. The number of benzene rings is 2. The maximum absolute atomic E-state index is 13.3. The Hall–Kier alpha value is -2.69. The molecule has 0 radical (unpaired) electrons. The van der Waals surface area contributed by atoms with Crippen LogP contribution in [0.3, 0.4) is 0 Å². The van der Waals surface area contributed by atoms with E-state index in [-0.39, 0.29) is 5.82 Å². The molecule has 2 amide bonds. The molecule has 0 aliphatic carbocycles. The maximum Gasteiger partial charge on any atom is 0.332 e. The van der Waals surface area contributed by atoms with Gasteiger partial charge < -0.3 is 5.73 Å². The van der Waals surface area contributed by atoms with Gasteiger partial charge in [-0.15, -0.1) is 0 Å². The van der Waals surface area contributed by atoms with Gasteiger partial charge in [0.1, 0.15) is 5.82 Å². The van der Waals surface area contributed by atoms with Gasteiger partial charge in [-0.1, -0.05) is 24.3 Å². The van der Waals surface area contributed by atoms with E-state index in [0.717, 1.165) is 16.7 Å². The van der Waals surface area contributed by atoms with Crippen molar-refractivity contribution >= 4 is 12.2 Å². The van der Waals surface area contributed by atoms with E-state index < -0.39 is 6.03 Å². The van der Waals surface area contributed by atoms with E-state index in [2.05, 4.69) is 10.5 Å². The van der Waals surface area contributed by atoms with Crippen LogP contribution in [0.1, 0.15) is 11.1 Å². The highest BCUT2D eigenvalue weighted by atomic mass is 19.1. The summed E-state index contributed by atoms with van der Waals surface area (Å²) in [6.07, 6.45) is 1.49. The average molecular weight is 271 g/mol. The van der Waals surface area contributed by atoms with Crippen LogP contribution in [-0.2, 0) is 0 Å². The topological polar surface area (TPSA) is 67.5 Å². The van der Waals surface area contributed by atoms with Gasteiger partial charge in [-0.05, 0) is 47.4 Å². The van der Waals surface area contributed by atoms with Crippen molar-refractivity contribution in [3.63, 3.8) is 0 Å². The van der Waals surface area contributed by atoms with Crippen LogP contribution < -0.4 is 11.2 Å². The summed E-state index contributed by atoms with van der Waals surface area (Å²) in [4.78, 5) is 10.5. The lowest BCUT2D eigenvalue weighted by Gasteiger charge is -2.05. The zero-order chi connectivity index (χ0) is 14.5. The Labute approximate surface area is 116 Å². The fraction of sp³-hybridized carbons (Fsp3) is 0.0667. The number of amides is 2. The van der Waals surface area contributed by atoms with Crippen LogP contribution in [0.15, 0.2) is 47.6 Å². The predicted octanol–water partition coefficient (Wildman–Crippen LogP) is 2.80. The number of hydrazone groups is 1. The first-order chi connectivity index (χ1) is 9.56. The number of halogens is 1. The van der Waals surface area contributed by atoms with Gasteiger partial charge in [-0.2, -0.15) is 5.10 Å². The first-order valence-electron chi connectivity index (χ1n) is 6.01. The Kier molecular flexibility index (Phi) is 4.10. The quantitative estimate of drug-likeness (QED) is 0.654. The van der Waals surface area contributed by atoms with E-state index in [1.165, 1.54) is 12.3 Å². The highest BCUT2D eigenvalue weighted by Gasteiger charge is 2.02. The number of urea groups is 1.